The van der Waals surface area contributed by atoms with Gasteiger partial charge in [-0.05, 0) is 59.6 Å². The Morgan fingerprint density at radius 1 is 1.25 bits per heavy atom. The van der Waals surface area contributed by atoms with Gasteiger partial charge in [-0.25, -0.2) is 0 Å². The summed E-state index contributed by atoms with van der Waals surface area (Å²) in [6.45, 7) is 4.57. The maximum atomic E-state index is 12.7. The summed E-state index contributed by atoms with van der Waals surface area (Å²) >= 11 is 3.39. The standard InChI is InChI=1S/C16H17BrN2O/c1-3-19(12-7-4-6-11(2)10-12)16(20)13-8-5-9-14(18)15(13)17/h4-10H,3,18H2,1-2H3. The summed E-state index contributed by atoms with van der Waals surface area (Å²) in [7, 11) is 0. The van der Waals surface area contributed by atoms with E-state index >= 15 is 0 Å². The summed E-state index contributed by atoms with van der Waals surface area (Å²) in [6.07, 6.45) is 0. The Morgan fingerprint density at radius 3 is 2.60 bits per heavy atom. The van der Waals surface area contributed by atoms with Crippen molar-refractivity contribution in [3.63, 3.8) is 0 Å². The van der Waals surface area contributed by atoms with Gasteiger partial charge in [0.1, 0.15) is 0 Å². The second-order valence-electron chi connectivity index (χ2n) is 4.60. The highest BCUT2D eigenvalue weighted by Crippen LogP contribution is 2.27. The van der Waals surface area contributed by atoms with E-state index in [4.69, 9.17) is 5.73 Å². The highest BCUT2D eigenvalue weighted by Gasteiger charge is 2.19. The van der Waals surface area contributed by atoms with Gasteiger partial charge in [0.2, 0.25) is 0 Å². The van der Waals surface area contributed by atoms with Crippen LogP contribution in [0.4, 0.5) is 11.4 Å². The third kappa shape index (κ3) is 2.85. The van der Waals surface area contributed by atoms with Crippen molar-refractivity contribution in [3.05, 3.63) is 58.1 Å². The van der Waals surface area contributed by atoms with Gasteiger partial charge in [0.25, 0.3) is 5.91 Å². The van der Waals surface area contributed by atoms with Gasteiger partial charge in [0.15, 0.2) is 0 Å². The summed E-state index contributed by atoms with van der Waals surface area (Å²) in [5.41, 5.74) is 9.01. The van der Waals surface area contributed by atoms with E-state index in [1.165, 1.54) is 0 Å². The predicted octanol–water partition coefficient (Wildman–Crippen LogP) is 4.01. The quantitative estimate of drug-likeness (QED) is 0.863. The molecule has 2 rings (SSSR count). The molecule has 0 unspecified atom stereocenters. The van der Waals surface area contributed by atoms with E-state index in [1.807, 2.05) is 38.1 Å². The van der Waals surface area contributed by atoms with Crippen LogP contribution in [0.25, 0.3) is 0 Å². The topological polar surface area (TPSA) is 46.3 Å². The summed E-state index contributed by atoms with van der Waals surface area (Å²) < 4.78 is 0.649. The van der Waals surface area contributed by atoms with E-state index in [9.17, 15) is 4.79 Å². The largest absolute Gasteiger partial charge is 0.398 e. The number of hydrogen-bond acceptors (Lipinski definition) is 2. The fourth-order valence-corrected chi connectivity index (χ4v) is 2.53. The van der Waals surface area contributed by atoms with Crippen molar-refractivity contribution < 1.29 is 4.79 Å². The van der Waals surface area contributed by atoms with Crippen LogP contribution in [0.15, 0.2) is 46.9 Å². The Morgan fingerprint density at radius 2 is 1.95 bits per heavy atom. The van der Waals surface area contributed by atoms with Crippen molar-refractivity contribution in [1.82, 2.24) is 0 Å². The third-order valence-electron chi connectivity index (χ3n) is 3.13. The molecule has 0 saturated heterocycles. The normalized spacial score (nSPS) is 10.3. The van der Waals surface area contributed by atoms with Gasteiger partial charge in [-0.2, -0.15) is 0 Å². The summed E-state index contributed by atoms with van der Waals surface area (Å²) in [5, 5.41) is 0. The minimum absolute atomic E-state index is 0.0581. The molecule has 1 amide bonds. The Hall–Kier alpha value is -1.81. The monoisotopic (exact) mass is 332 g/mol. The van der Waals surface area contributed by atoms with Gasteiger partial charge in [0, 0.05) is 17.9 Å². The van der Waals surface area contributed by atoms with Crippen LogP contribution in [-0.4, -0.2) is 12.5 Å². The average Bonchev–Trinajstić information content (AvgIpc) is 2.42. The van der Waals surface area contributed by atoms with Crippen molar-refractivity contribution in [2.75, 3.05) is 17.2 Å². The number of benzene rings is 2. The zero-order chi connectivity index (χ0) is 14.7. The predicted molar refractivity (Wildman–Crippen MR) is 87.1 cm³/mol. The smallest absolute Gasteiger partial charge is 0.259 e. The molecule has 3 nitrogen and oxygen atoms in total. The fourth-order valence-electron chi connectivity index (χ4n) is 2.10. The van der Waals surface area contributed by atoms with Gasteiger partial charge in [-0.15, -0.1) is 0 Å². The van der Waals surface area contributed by atoms with Crippen LogP contribution >= 0.6 is 15.9 Å². The van der Waals surface area contributed by atoms with Crippen molar-refractivity contribution in [1.29, 1.82) is 0 Å². The van der Waals surface area contributed by atoms with Crippen LogP contribution in [0.5, 0.6) is 0 Å². The maximum Gasteiger partial charge on any atom is 0.259 e. The number of carbonyl (C=O) groups excluding carboxylic acids is 1. The van der Waals surface area contributed by atoms with E-state index in [2.05, 4.69) is 15.9 Å². The van der Waals surface area contributed by atoms with Crippen molar-refractivity contribution in [3.8, 4) is 0 Å². The molecule has 4 heteroatoms. The van der Waals surface area contributed by atoms with Crippen molar-refractivity contribution in [2.45, 2.75) is 13.8 Å². The van der Waals surface area contributed by atoms with Gasteiger partial charge in [-0.1, -0.05) is 18.2 Å². The first kappa shape index (κ1) is 14.6. The van der Waals surface area contributed by atoms with Crippen LogP contribution in [0.3, 0.4) is 0 Å². The maximum absolute atomic E-state index is 12.7. The van der Waals surface area contributed by atoms with E-state index < -0.39 is 0 Å². The Bertz CT molecular complexity index is 640. The van der Waals surface area contributed by atoms with E-state index in [-0.39, 0.29) is 5.91 Å². The number of anilines is 2. The number of carbonyl (C=O) groups is 1. The molecule has 2 N–H and O–H groups in total. The zero-order valence-electron chi connectivity index (χ0n) is 11.6. The Kier molecular flexibility index (Phi) is 4.45. The van der Waals surface area contributed by atoms with Gasteiger partial charge in [0.05, 0.1) is 10.0 Å². The fraction of sp³-hybridized carbons (Fsp3) is 0.188. The van der Waals surface area contributed by atoms with Crippen LogP contribution in [0.2, 0.25) is 0 Å². The molecule has 0 spiro atoms. The van der Waals surface area contributed by atoms with Crippen molar-refractivity contribution in [2.24, 2.45) is 0 Å². The highest BCUT2D eigenvalue weighted by molar-refractivity contribution is 9.10. The molecule has 0 atom stereocenters. The molecule has 0 aliphatic carbocycles. The average molecular weight is 333 g/mol. The van der Waals surface area contributed by atoms with E-state index in [0.717, 1.165) is 11.3 Å². The lowest BCUT2D eigenvalue weighted by molar-refractivity contribution is 0.0987. The second-order valence-corrected chi connectivity index (χ2v) is 5.39. The lowest BCUT2D eigenvalue weighted by Gasteiger charge is -2.22. The summed E-state index contributed by atoms with van der Waals surface area (Å²) in [4.78, 5) is 14.4. The molecule has 0 radical (unpaired) electrons. The van der Waals surface area contributed by atoms with Crippen molar-refractivity contribution >= 4 is 33.2 Å². The number of halogens is 1. The number of rotatable bonds is 3. The molecule has 2 aromatic carbocycles. The van der Waals surface area contributed by atoms with Crippen LogP contribution in [-0.2, 0) is 0 Å². The number of nitrogen functional groups attached to an aromatic ring is 1. The number of nitrogens with two attached hydrogens (primary N) is 1. The molecular formula is C16H17BrN2O. The Balaban J connectivity index is 2.42. The highest BCUT2D eigenvalue weighted by atomic mass is 79.9. The molecule has 0 bridgehead atoms. The van der Waals surface area contributed by atoms with E-state index in [0.29, 0.717) is 22.3 Å². The summed E-state index contributed by atoms with van der Waals surface area (Å²) in [6, 6.07) is 13.2. The molecule has 0 aliphatic rings. The summed E-state index contributed by atoms with van der Waals surface area (Å²) in [5.74, 6) is -0.0581. The van der Waals surface area contributed by atoms with Crippen LogP contribution in [0, 0.1) is 6.92 Å². The van der Waals surface area contributed by atoms with E-state index in [1.54, 1.807) is 23.1 Å². The third-order valence-corrected chi connectivity index (χ3v) is 4.02. The van der Waals surface area contributed by atoms with Gasteiger partial charge >= 0.3 is 0 Å². The van der Waals surface area contributed by atoms with Crippen LogP contribution in [0.1, 0.15) is 22.8 Å². The lowest BCUT2D eigenvalue weighted by atomic mass is 10.1. The minimum Gasteiger partial charge on any atom is -0.398 e. The number of aryl methyl sites for hydroxylation is 1. The number of hydrogen-bond donors (Lipinski definition) is 1. The molecule has 0 aliphatic heterocycles. The number of amides is 1. The van der Waals surface area contributed by atoms with Gasteiger partial charge in [-0.3, -0.25) is 4.79 Å². The molecule has 0 heterocycles. The first-order valence-corrected chi connectivity index (χ1v) is 7.26. The molecule has 20 heavy (non-hydrogen) atoms. The molecule has 0 saturated carbocycles. The molecule has 0 aromatic heterocycles. The molecular weight excluding hydrogens is 316 g/mol. The second kappa shape index (κ2) is 6.09. The SMILES string of the molecule is CCN(C(=O)c1cccc(N)c1Br)c1cccc(C)c1. The molecule has 104 valence electrons. The Labute approximate surface area is 127 Å². The lowest BCUT2D eigenvalue weighted by Crippen LogP contribution is -2.31. The molecule has 2 aromatic rings. The minimum atomic E-state index is -0.0581. The van der Waals surface area contributed by atoms with Gasteiger partial charge < -0.3 is 10.6 Å². The zero-order valence-corrected chi connectivity index (χ0v) is 13.1. The number of nitrogens with zero attached hydrogens (tertiary/aromatic N) is 1. The first-order chi connectivity index (χ1) is 9.54. The molecule has 0 fully saturated rings. The first-order valence-electron chi connectivity index (χ1n) is 6.47. The van der Waals surface area contributed by atoms with Crippen LogP contribution < -0.4 is 10.6 Å².